The first-order chi connectivity index (χ1) is 45.0. The van der Waals surface area contributed by atoms with Gasteiger partial charge in [0.1, 0.15) is 6.04 Å². The molecule has 12 fully saturated rings. The van der Waals surface area contributed by atoms with Crippen molar-refractivity contribution in [2.75, 3.05) is 45.8 Å². The average molecular weight is 1530 g/mol. The molecule has 19 aliphatic rings. The van der Waals surface area contributed by atoms with E-state index in [0.29, 0.717) is 87.2 Å². The van der Waals surface area contributed by atoms with E-state index >= 15 is 0 Å². The standard InChI is InChI=1S/C21H30N2O2.C14H21NO.C11H19N.C10H15NO.C9H11NO2.C7H9NO.C3H3ClO.4CH4.4ClH.Ti/c1-13(24)23-12-14-4-5-17(23)16(10-14)19(25)22-9-8-21-7-6-15(11-18(21)22)20(21,2)3;1-4-12(16)15-8-7-14-6-5-10(9-11(14)15)13(14,2)3;1-10(2)8-3-4-11(10)5-6-12-9(11)7-8;1-7-5-9-3-4-10(7)11(6-9)8(2)12;1-6(11)10-5-7-2-3-8(10)9(12)4-7;1-7(9)8-5-3-2-4-6-8;1-2-3(4)5;;;;;;;;;/h4-5,14-18H,6-12H2,1-3H3;4,10-11H,1,5-9H2,2-3H3;8-9,12H,3-7H2,1-2H3;3-4,7,9-10H,5-6H2,1-2H3;2-3,7-8H,4-5H2,1H3;2-5H,6H2,1H3;2H,1H2;4*1H4;4*1H;/q;;;;;;;;;;;;;;;+4/p-4/t14?,15?,16?,17?,18-,21?;10?,11-,14?;8?,9-,11?;;;;;;;;;;;;;/m111............./s1. The number of rotatable bonds is 3. The molecule has 6 amide bonds. The van der Waals surface area contributed by atoms with Crippen LogP contribution in [0.2, 0.25) is 0 Å². The predicted molar refractivity (Wildman–Crippen MR) is 407 cm³/mol. The summed E-state index contributed by atoms with van der Waals surface area (Å²) in [6.07, 6.45) is 41.6. The molecule has 14 unspecified atom stereocenters. The molecule has 100 heavy (non-hydrogen) atoms. The minimum absolute atomic E-state index is 0. The number of Topliss-reactive ketones (excluding diaryl/α,β-unsaturated/α-hetero) is 1. The molecule has 17 atom stereocenters. The van der Waals surface area contributed by atoms with E-state index in [1.54, 1.807) is 36.8 Å². The number of hydrogen-bond acceptors (Lipinski definition) is 9. The summed E-state index contributed by atoms with van der Waals surface area (Å²) in [6, 6.07) is 1.94. The van der Waals surface area contributed by atoms with E-state index in [9.17, 15) is 38.4 Å². The molecule has 19 rings (SSSR count). The third-order valence-electron chi connectivity index (χ3n) is 27.3. The summed E-state index contributed by atoms with van der Waals surface area (Å²) < 4.78 is 0. The van der Waals surface area contributed by atoms with Gasteiger partial charge in [0, 0.05) is 104 Å². The first-order valence-corrected chi connectivity index (χ1v) is 44.5. The van der Waals surface area contributed by atoms with Gasteiger partial charge in [-0.25, -0.2) is 0 Å². The number of piperidine rings is 3. The number of fused-ring (bicyclic) bond motifs is 9. The Kier molecular flexibility index (Phi) is 29.9. The Labute approximate surface area is 626 Å². The molecule has 12 bridgehead atoms. The van der Waals surface area contributed by atoms with Gasteiger partial charge in [-0.15, -0.1) is 0 Å². The van der Waals surface area contributed by atoms with Gasteiger partial charge in [-0.3, -0.25) is 38.4 Å². The van der Waals surface area contributed by atoms with Crippen LogP contribution in [0.5, 0.6) is 0 Å². The van der Waals surface area contributed by atoms with Crippen LogP contribution in [0.25, 0.3) is 0 Å². The van der Waals surface area contributed by atoms with Crippen molar-refractivity contribution in [2.24, 2.45) is 79.8 Å². The zero-order chi connectivity index (χ0) is 70.4. The molecule has 6 saturated heterocycles. The Balaban J connectivity index is 0.000000215. The van der Waals surface area contributed by atoms with Gasteiger partial charge < -0.3 is 34.7 Å². The summed E-state index contributed by atoms with van der Waals surface area (Å²) in [7, 11) is 20.1. The molecular formula is C79H124Cl5N7O8Ti. The van der Waals surface area contributed by atoms with Gasteiger partial charge in [-0.2, -0.15) is 0 Å². The van der Waals surface area contributed by atoms with Crippen LogP contribution in [0, 0.1) is 79.8 Å². The first kappa shape index (κ1) is 87.1. The fourth-order valence-electron chi connectivity index (χ4n) is 21.8. The summed E-state index contributed by atoms with van der Waals surface area (Å²) in [6.45, 7) is 36.4. The van der Waals surface area contributed by atoms with Crippen molar-refractivity contribution in [3.63, 3.8) is 0 Å². The average Bonchev–Trinajstić information content (AvgIpc) is 1.54. The molecule has 0 aromatic carbocycles. The van der Waals surface area contributed by atoms with Crippen molar-refractivity contribution in [1.82, 2.24) is 34.7 Å². The SMILES string of the molecule is C.C.C.C.C=CC(=O)Cl.C=CC(=O)N1CCC23CCC(C[C@@H]12)C3(C)C.CC(=O)N1C=CC=CC1.CC(=O)N1CC2C=CC1C(=O)C2.CC(=O)N1CC2C=CC1C(C(=O)N1CCC34CCC(C[C@@H]13)C4(C)C)C2.CC(=O)N1CC2C=CC1C(C)C2.CC1(C)C2CCC13CCN[C@@H]3C2.[Cl][Ti]([Cl])([Cl])[Cl]. The van der Waals surface area contributed by atoms with E-state index in [-0.39, 0.29) is 88.9 Å². The number of carbonyl (C=O) groups is 8. The van der Waals surface area contributed by atoms with Gasteiger partial charge >= 0.3 is 49.6 Å². The van der Waals surface area contributed by atoms with Crippen LogP contribution in [-0.2, 0) is 50.7 Å². The third kappa shape index (κ3) is 17.1. The van der Waals surface area contributed by atoms with Crippen molar-refractivity contribution < 1.29 is 50.7 Å². The van der Waals surface area contributed by atoms with E-state index in [1.165, 1.54) is 103 Å². The van der Waals surface area contributed by atoms with Gasteiger partial charge in [0.2, 0.25) is 40.7 Å². The molecular weight excluding hydrogens is 1400 g/mol. The molecule has 0 aromatic heterocycles. The number of halogens is 5. The van der Waals surface area contributed by atoms with Crippen molar-refractivity contribution >= 4 is 95.3 Å². The molecule has 3 spiro atoms. The molecule has 9 aliphatic carbocycles. The summed E-state index contributed by atoms with van der Waals surface area (Å²) in [5.74, 6) is 5.59. The van der Waals surface area contributed by atoms with Crippen LogP contribution in [0.1, 0.15) is 202 Å². The van der Waals surface area contributed by atoms with Crippen molar-refractivity contribution in [3.8, 4) is 0 Å². The maximum absolute atomic E-state index is 13.5. The van der Waals surface area contributed by atoms with Crippen LogP contribution in [0.3, 0.4) is 0 Å². The molecule has 15 nitrogen and oxygen atoms in total. The predicted octanol–water partition coefficient (Wildman–Crippen LogP) is 16.6. The monoisotopic (exact) mass is 1520 g/mol. The van der Waals surface area contributed by atoms with Crippen molar-refractivity contribution in [3.05, 3.63) is 86.2 Å². The molecule has 562 valence electrons. The summed E-state index contributed by atoms with van der Waals surface area (Å²) in [5.41, 5.74) is 2.95. The van der Waals surface area contributed by atoms with Crippen LogP contribution in [0.15, 0.2) is 86.2 Å². The molecule has 10 heterocycles. The van der Waals surface area contributed by atoms with E-state index in [4.69, 9.17) is 48.8 Å². The number of carbonyl (C=O) groups excluding carboxylic acids is 8. The Hall–Kier alpha value is -3.54. The first-order valence-electron chi connectivity index (χ1n) is 35.5. The number of allylic oxidation sites excluding steroid dienone is 3. The molecule has 1 N–H and O–H groups in total. The van der Waals surface area contributed by atoms with Gasteiger partial charge in [-0.1, -0.05) is 140 Å². The minimum atomic E-state index is -3.11. The number of hydrogen-bond donors (Lipinski definition) is 1. The van der Waals surface area contributed by atoms with E-state index < -0.39 is 17.6 Å². The molecule has 10 aliphatic heterocycles. The maximum atomic E-state index is 13.5. The van der Waals surface area contributed by atoms with Crippen LogP contribution in [-0.4, -0.2) is 158 Å². The van der Waals surface area contributed by atoms with E-state index in [0.717, 1.165) is 69.0 Å². The Morgan fingerprint density at radius 3 is 1.40 bits per heavy atom. The zero-order valence-electron chi connectivity index (χ0n) is 58.8. The molecule has 6 saturated carbocycles. The number of nitrogens with one attached hydrogen (secondary N) is 1. The van der Waals surface area contributed by atoms with Gasteiger partial charge in [0.15, 0.2) is 5.78 Å². The topological polar surface area (TPSA) is 168 Å². The normalized spacial score (nSPS) is 36.0. The van der Waals surface area contributed by atoms with Crippen LogP contribution < -0.4 is 5.32 Å². The second-order valence-corrected chi connectivity index (χ2v) is 47.9. The van der Waals surface area contributed by atoms with E-state index in [2.05, 4.69) is 101 Å². The Bertz CT molecular complexity index is 3150. The fraction of sp³-hybridized carbons (Fsp3) is 0.722. The molecule has 0 radical (unpaired) electrons. The summed E-state index contributed by atoms with van der Waals surface area (Å²) >= 11 is 1.59. The Morgan fingerprint density at radius 2 is 1.01 bits per heavy atom. The van der Waals surface area contributed by atoms with Crippen LogP contribution in [0.4, 0.5) is 0 Å². The summed E-state index contributed by atoms with van der Waals surface area (Å²) in [5, 5.41) is 3.19. The van der Waals surface area contributed by atoms with Gasteiger partial charge in [-0.05, 0) is 194 Å². The molecule has 0 aromatic rings. The van der Waals surface area contributed by atoms with Crippen molar-refractivity contribution in [1.29, 1.82) is 0 Å². The number of nitrogens with zero attached hydrogens (tertiary/aromatic N) is 6. The zero-order valence-corrected chi connectivity index (χ0v) is 64.2. The second-order valence-electron chi connectivity index (χ2n) is 32.1. The molecule has 21 heteroatoms. The quantitative estimate of drug-likeness (QED) is 0.125. The number of ketones is 1. The second kappa shape index (κ2) is 34.4. The Morgan fingerprint density at radius 1 is 0.550 bits per heavy atom. The fourth-order valence-corrected chi connectivity index (χ4v) is 21.8. The van der Waals surface area contributed by atoms with Crippen molar-refractivity contribution in [2.45, 2.75) is 238 Å². The van der Waals surface area contributed by atoms with Gasteiger partial charge in [0.25, 0.3) is 0 Å². The van der Waals surface area contributed by atoms with Crippen LogP contribution >= 0.6 is 48.8 Å². The third-order valence-corrected chi connectivity index (χ3v) is 27.4. The number of amides is 6. The summed E-state index contributed by atoms with van der Waals surface area (Å²) in [4.78, 5) is 103. The number of likely N-dealkylation sites (tertiary alicyclic amines) is 2. The van der Waals surface area contributed by atoms with E-state index in [1.807, 2.05) is 40.2 Å². The van der Waals surface area contributed by atoms with Gasteiger partial charge in [0.05, 0.1) is 18.0 Å².